The molecule has 9 heteroatoms. The molecule has 0 aliphatic rings. The Labute approximate surface area is 163 Å². The molecule has 0 saturated carbocycles. The van der Waals surface area contributed by atoms with Gasteiger partial charge in [0.2, 0.25) is 0 Å². The molecule has 28 heavy (non-hydrogen) atoms. The van der Waals surface area contributed by atoms with Crippen molar-refractivity contribution < 1.29 is 32.6 Å². The number of rotatable bonds is 5. The van der Waals surface area contributed by atoms with Gasteiger partial charge in [-0.3, -0.25) is 0 Å². The van der Waals surface area contributed by atoms with E-state index in [2.05, 4.69) is 0 Å². The molecule has 1 aromatic heterocycles. The van der Waals surface area contributed by atoms with Gasteiger partial charge >= 0.3 is 11.9 Å². The van der Waals surface area contributed by atoms with Crippen molar-refractivity contribution in [2.45, 2.75) is 4.90 Å². The molecule has 0 unspecified atom stereocenters. The van der Waals surface area contributed by atoms with Crippen molar-refractivity contribution in [3.05, 3.63) is 64.1 Å². The maximum Gasteiger partial charge on any atom is 0.346 e. The van der Waals surface area contributed by atoms with Crippen molar-refractivity contribution >= 4 is 33.1 Å². The number of benzene rings is 2. The van der Waals surface area contributed by atoms with Crippen molar-refractivity contribution in [3.8, 4) is 22.3 Å². The van der Waals surface area contributed by atoms with Gasteiger partial charge < -0.3 is 10.2 Å². The van der Waals surface area contributed by atoms with E-state index in [1.807, 2.05) is 0 Å². The maximum atomic E-state index is 13.3. The Bertz CT molecular complexity index is 1180. The summed E-state index contributed by atoms with van der Waals surface area (Å²) < 4.78 is 36.6. The third-order valence-corrected chi connectivity index (χ3v) is 6.29. The third-order valence-electron chi connectivity index (χ3n) is 4.00. The average Bonchev–Trinajstić information content (AvgIpc) is 3.03. The number of aromatic carboxylic acids is 2. The van der Waals surface area contributed by atoms with E-state index >= 15 is 0 Å². The summed E-state index contributed by atoms with van der Waals surface area (Å²) in [4.78, 5) is 23.1. The minimum atomic E-state index is -3.45. The van der Waals surface area contributed by atoms with Gasteiger partial charge in [-0.2, -0.15) is 0 Å². The van der Waals surface area contributed by atoms with E-state index in [4.69, 9.17) is 0 Å². The van der Waals surface area contributed by atoms with Crippen molar-refractivity contribution in [1.29, 1.82) is 0 Å². The van der Waals surface area contributed by atoms with Crippen LogP contribution in [0.4, 0.5) is 4.39 Å². The first-order chi connectivity index (χ1) is 13.1. The van der Waals surface area contributed by atoms with Gasteiger partial charge in [-0.05, 0) is 35.4 Å². The molecule has 0 radical (unpaired) electrons. The topological polar surface area (TPSA) is 109 Å². The molecule has 0 aliphatic carbocycles. The Balaban J connectivity index is 2.33. The van der Waals surface area contributed by atoms with Crippen LogP contribution in [0.25, 0.3) is 22.3 Å². The van der Waals surface area contributed by atoms with Crippen LogP contribution in [0, 0.1) is 5.82 Å². The molecule has 3 aromatic rings. The maximum absolute atomic E-state index is 13.3. The van der Waals surface area contributed by atoms with Crippen molar-refractivity contribution in [3.63, 3.8) is 0 Å². The number of hydrogen-bond donors (Lipinski definition) is 2. The van der Waals surface area contributed by atoms with Crippen molar-refractivity contribution in [2.24, 2.45) is 0 Å². The summed E-state index contributed by atoms with van der Waals surface area (Å²) in [6.45, 7) is 0. The predicted octanol–water partition coefficient (Wildman–Crippen LogP) is 4.02. The van der Waals surface area contributed by atoms with Gasteiger partial charge in [-0.15, -0.1) is 11.3 Å². The molecule has 6 nitrogen and oxygen atoms in total. The quantitative estimate of drug-likeness (QED) is 0.645. The zero-order valence-corrected chi connectivity index (χ0v) is 16.0. The number of halogens is 1. The third kappa shape index (κ3) is 3.67. The summed E-state index contributed by atoms with van der Waals surface area (Å²) in [5.41, 5.74) is 0.959. The highest BCUT2D eigenvalue weighted by Crippen LogP contribution is 2.43. The summed E-state index contributed by atoms with van der Waals surface area (Å²) >= 11 is 0.595. The number of hydrogen-bond acceptors (Lipinski definition) is 5. The van der Waals surface area contributed by atoms with E-state index in [1.54, 1.807) is 0 Å². The predicted molar refractivity (Wildman–Crippen MR) is 102 cm³/mol. The van der Waals surface area contributed by atoms with Gasteiger partial charge in [0.15, 0.2) is 9.84 Å². The molecule has 0 amide bonds. The Morgan fingerprint density at radius 2 is 1.21 bits per heavy atom. The van der Waals surface area contributed by atoms with E-state index in [9.17, 15) is 32.6 Å². The lowest BCUT2D eigenvalue weighted by molar-refractivity contribution is 0.0694. The summed E-state index contributed by atoms with van der Waals surface area (Å²) in [7, 11) is -3.45. The second kappa shape index (κ2) is 7.17. The minimum Gasteiger partial charge on any atom is -0.477 e. The van der Waals surface area contributed by atoms with Crippen LogP contribution < -0.4 is 0 Å². The molecule has 0 saturated heterocycles. The first-order valence-electron chi connectivity index (χ1n) is 7.79. The van der Waals surface area contributed by atoms with Gasteiger partial charge in [-0.1, -0.05) is 24.3 Å². The van der Waals surface area contributed by atoms with Gasteiger partial charge in [0.1, 0.15) is 15.6 Å². The van der Waals surface area contributed by atoms with Crippen LogP contribution in [-0.2, 0) is 9.84 Å². The van der Waals surface area contributed by atoms with Crippen LogP contribution in [0.15, 0.2) is 53.4 Å². The van der Waals surface area contributed by atoms with Gasteiger partial charge in [0, 0.05) is 17.4 Å². The molecule has 0 atom stereocenters. The molecule has 144 valence electrons. The molecule has 0 spiro atoms. The Kier molecular flexibility index (Phi) is 5.05. The zero-order valence-electron chi connectivity index (χ0n) is 14.3. The van der Waals surface area contributed by atoms with E-state index in [0.717, 1.165) is 18.4 Å². The molecule has 2 aromatic carbocycles. The molecular weight excluding hydrogens is 407 g/mol. The lowest BCUT2D eigenvalue weighted by atomic mass is 9.94. The molecular formula is C19H13FO6S2. The van der Waals surface area contributed by atoms with Crippen LogP contribution in [0.3, 0.4) is 0 Å². The van der Waals surface area contributed by atoms with Crippen LogP contribution in [0.5, 0.6) is 0 Å². The first-order valence-corrected chi connectivity index (χ1v) is 10.5. The van der Waals surface area contributed by atoms with E-state index in [0.29, 0.717) is 22.5 Å². The number of thiophene rings is 1. The first kappa shape index (κ1) is 19.7. The zero-order chi connectivity index (χ0) is 20.6. The minimum absolute atomic E-state index is 0.0464. The standard InChI is InChI=1S/C19H13FO6S2/c1-28(25,26)13-8-4-11(5-9-13)15-14(10-2-6-12(20)7-3-10)16(18(21)22)27-17(15)19(23)24/h2-9H,1H3,(H,21,22)(H,23,24). The smallest absolute Gasteiger partial charge is 0.346 e. The fraction of sp³-hybridized carbons (Fsp3) is 0.0526. The van der Waals surface area contributed by atoms with Crippen LogP contribution in [-0.4, -0.2) is 36.8 Å². The Morgan fingerprint density at radius 1 is 0.821 bits per heavy atom. The van der Waals surface area contributed by atoms with Crippen LogP contribution in [0.1, 0.15) is 19.3 Å². The summed E-state index contributed by atoms with van der Waals surface area (Å²) in [6.07, 6.45) is 1.04. The SMILES string of the molecule is CS(=O)(=O)c1ccc(-c2c(C(=O)O)sc(C(=O)O)c2-c2ccc(F)cc2)cc1. The summed E-state index contributed by atoms with van der Waals surface area (Å²) in [6, 6.07) is 10.5. The fourth-order valence-electron chi connectivity index (χ4n) is 2.77. The van der Waals surface area contributed by atoms with Crippen molar-refractivity contribution in [1.82, 2.24) is 0 Å². The second-order valence-electron chi connectivity index (χ2n) is 5.92. The van der Waals surface area contributed by atoms with Gasteiger partial charge in [0.25, 0.3) is 0 Å². The number of sulfone groups is 1. The van der Waals surface area contributed by atoms with E-state index < -0.39 is 27.6 Å². The molecule has 0 fully saturated rings. The highest BCUT2D eigenvalue weighted by atomic mass is 32.2. The summed E-state index contributed by atoms with van der Waals surface area (Å²) in [5, 5.41) is 19.1. The van der Waals surface area contributed by atoms with Crippen LogP contribution >= 0.6 is 11.3 Å². The van der Waals surface area contributed by atoms with Crippen LogP contribution in [0.2, 0.25) is 0 Å². The van der Waals surface area contributed by atoms with E-state index in [-0.39, 0.29) is 25.8 Å². The lowest BCUT2D eigenvalue weighted by Crippen LogP contribution is -1.99. The second-order valence-corrected chi connectivity index (χ2v) is 8.96. The van der Waals surface area contributed by atoms with Gasteiger partial charge in [0.05, 0.1) is 4.90 Å². The Hall–Kier alpha value is -3.04. The largest absolute Gasteiger partial charge is 0.477 e. The Morgan fingerprint density at radius 3 is 1.57 bits per heavy atom. The summed E-state index contributed by atoms with van der Waals surface area (Å²) in [5.74, 6) is -3.15. The molecule has 0 aliphatic heterocycles. The molecule has 0 bridgehead atoms. The lowest BCUT2D eigenvalue weighted by Gasteiger charge is -2.09. The highest BCUT2D eigenvalue weighted by molar-refractivity contribution is 7.90. The normalized spacial score (nSPS) is 11.4. The fourth-order valence-corrected chi connectivity index (χ4v) is 4.42. The van der Waals surface area contributed by atoms with Gasteiger partial charge in [-0.25, -0.2) is 22.4 Å². The number of carboxylic acid groups (broad SMARTS) is 2. The average molecular weight is 420 g/mol. The molecule has 1 heterocycles. The van der Waals surface area contributed by atoms with Crippen molar-refractivity contribution in [2.75, 3.05) is 6.26 Å². The molecule has 2 N–H and O–H groups in total. The highest BCUT2D eigenvalue weighted by Gasteiger charge is 2.28. The molecule has 3 rings (SSSR count). The monoisotopic (exact) mass is 420 g/mol. The number of carbonyl (C=O) groups is 2. The number of carboxylic acids is 2. The van der Waals surface area contributed by atoms with E-state index in [1.165, 1.54) is 36.4 Å².